The largest absolute Gasteiger partial charge is 0.384 e. The average Bonchev–Trinajstić information content (AvgIpc) is 1.88. The van der Waals surface area contributed by atoms with Crippen LogP contribution in [-0.2, 0) is 0 Å². The van der Waals surface area contributed by atoms with Gasteiger partial charge in [0.05, 0.1) is 5.56 Å². The summed E-state index contributed by atoms with van der Waals surface area (Å²) in [5.41, 5.74) is 5.61. The second-order valence-corrected chi connectivity index (χ2v) is 1.79. The van der Waals surface area contributed by atoms with Crippen LogP contribution in [0.25, 0.3) is 0 Å². The number of anilines is 1. The van der Waals surface area contributed by atoms with Crippen molar-refractivity contribution in [1.29, 1.82) is 0 Å². The zero-order valence-corrected chi connectivity index (χ0v) is 5.22. The zero-order valence-electron chi connectivity index (χ0n) is 5.22. The van der Waals surface area contributed by atoms with E-state index in [1.807, 2.05) is 0 Å². The van der Waals surface area contributed by atoms with Crippen molar-refractivity contribution < 1.29 is 0 Å². The van der Waals surface area contributed by atoms with E-state index in [4.69, 9.17) is 12.2 Å². The van der Waals surface area contributed by atoms with Gasteiger partial charge in [0.15, 0.2) is 0 Å². The maximum absolute atomic E-state index is 10.6. The molecule has 50 valence electrons. The van der Waals surface area contributed by atoms with Gasteiger partial charge in [0, 0.05) is 6.07 Å². The number of aromatic nitrogens is 1. The van der Waals surface area contributed by atoms with Crippen LogP contribution < -0.4 is 11.3 Å². The molecule has 1 aromatic heterocycles. The fourth-order valence-corrected chi connectivity index (χ4v) is 0.616. The van der Waals surface area contributed by atoms with E-state index in [1.54, 1.807) is 0 Å². The van der Waals surface area contributed by atoms with Crippen LogP contribution >= 0.6 is 0 Å². The molecule has 0 aliphatic rings. The fraction of sp³-hybridized carbons (Fsp3) is 0. The quantitative estimate of drug-likeness (QED) is 0.488. The number of H-pyrrole nitrogens is 1. The lowest BCUT2D eigenvalue weighted by molar-refractivity contribution is 1.24. The van der Waals surface area contributed by atoms with Gasteiger partial charge in [-0.05, 0) is 6.07 Å². The van der Waals surface area contributed by atoms with Crippen LogP contribution in [0.1, 0.15) is 5.56 Å². The standard InChI is InChI=1S/C7H6N2O/c1-2-5-3-4-6(10)9-7(5)8/h1,3-4H,(H3,8,9,10). The predicted octanol–water partition coefficient (Wildman–Crippen LogP) is -0.0616. The summed E-state index contributed by atoms with van der Waals surface area (Å²) in [6, 6.07) is 2.85. The summed E-state index contributed by atoms with van der Waals surface area (Å²) in [4.78, 5) is 12.9. The third kappa shape index (κ3) is 1.00. The number of rotatable bonds is 0. The highest BCUT2D eigenvalue weighted by atomic mass is 16.1. The van der Waals surface area contributed by atoms with Crippen molar-refractivity contribution in [2.24, 2.45) is 0 Å². The Kier molecular flexibility index (Phi) is 1.46. The second kappa shape index (κ2) is 2.28. The molecule has 10 heavy (non-hydrogen) atoms. The molecule has 3 nitrogen and oxygen atoms in total. The average molecular weight is 134 g/mol. The minimum absolute atomic E-state index is 0.239. The third-order valence-electron chi connectivity index (χ3n) is 1.10. The van der Waals surface area contributed by atoms with Crippen molar-refractivity contribution in [3.05, 3.63) is 28.0 Å². The molecule has 3 N–H and O–H groups in total. The molecule has 0 aliphatic heterocycles. The van der Waals surface area contributed by atoms with E-state index in [9.17, 15) is 4.79 Å². The Labute approximate surface area is 57.9 Å². The summed E-state index contributed by atoms with van der Waals surface area (Å²) in [7, 11) is 0. The summed E-state index contributed by atoms with van der Waals surface area (Å²) in [5, 5.41) is 0. The molecule has 0 saturated heterocycles. The monoisotopic (exact) mass is 134 g/mol. The smallest absolute Gasteiger partial charge is 0.249 e. The van der Waals surface area contributed by atoms with Gasteiger partial charge in [-0.25, -0.2) is 0 Å². The molecule has 1 aromatic rings. The molecule has 0 unspecified atom stereocenters. The van der Waals surface area contributed by atoms with Crippen LogP contribution in [0.2, 0.25) is 0 Å². The number of hydrogen-bond donors (Lipinski definition) is 2. The van der Waals surface area contributed by atoms with Crippen LogP contribution in [0.15, 0.2) is 16.9 Å². The van der Waals surface area contributed by atoms with Gasteiger partial charge in [0.2, 0.25) is 5.56 Å². The highest BCUT2D eigenvalue weighted by molar-refractivity contribution is 5.48. The topological polar surface area (TPSA) is 58.9 Å². The van der Waals surface area contributed by atoms with E-state index < -0.39 is 0 Å². The van der Waals surface area contributed by atoms with Gasteiger partial charge in [-0.15, -0.1) is 6.42 Å². The fourth-order valence-electron chi connectivity index (χ4n) is 0.616. The third-order valence-corrected chi connectivity index (χ3v) is 1.10. The Morgan fingerprint density at radius 2 is 2.30 bits per heavy atom. The Hall–Kier alpha value is -1.69. The lowest BCUT2D eigenvalue weighted by atomic mass is 10.3. The van der Waals surface area contributed by atoms with Crippen molar-refractivity contribution in [2.45, 2.75) is 0 Å². The van der Waals surface area contributed by atoms with Gasteiger partial charge in [-0.3, -0.25) is 4.79 Å². The number of nitrogens with one attached hydrogen (secondary N) is 1. The van der Waals surface area contributed by atoms with E-state index in [2.05, 4.69) is 10.9 Å². The molecule has 0 bridgehead atoms. The molecule has 0 amide bonds. The van der Waals surface area contributed by atoms with Gasteiger partial charge >= 0.3 is 0 Å². The normalized spacial score (nSPS) is 8.70. The molecule has 0 aliphatic carbocycles. The van der Waals surface area contributed by atoms with Crippen molar-refractivity contribution in [3.8, 4) is 12.3 Å². The van der Waals surface area contributed by atoms with Crippen LogP contribution in [0, 0.1) is 12.3 Å². The summed E-state index contributed by atoms with van der Waals surface area (Å²) >= 11 is 0. The van der Waals surface area contributed by atoms with Crippen LogP contribution in [-0.4, -0.2) is 4.98 Å². The number of terminal acetylenes is 1. The first-order valence-electron chi connectivity index (χ1n) is 2.69. The van der Waals surface area contributed by atoms with Gasteiger partial charge in [0.25, 0.3) is 0 Å². The summed E-state index contributed by atoms with van der Waals surface area (Å²) in [6.45, 7) is 0. The Bertz CT molecular complexity index is 332. The van der Waals surface area contributed by atoms with Crippen molar-refractivity contribution in [2.75, 3.05) is 5.73 Å². The molecule has 0 radical (unpaired) electrons. The molecule has 0 spiro atoms. The molecule has 3 heteroatoms. The van der Waals surface area contributed by atoms with Gasteiger partial charge < -0.3 is 10.7 Å². The lowest BCUT2D eigenvalue weighted by Crippen LogP contribution is -2.07. The van der Waals surface area contributed by atoms with Crippen molar-refractivity contribution >= 4 is 5.82 Å². The number of hydrogen-bond acceptors (Lipinski definition) is 2. The highest BCUT2D eigenvalue weighted by Gasteiger charge is 1.92. The first-order chi connectivity index (χ1) is 4.74. The molecule has 1 heterocycles. The molecule has 0 atom stereocenters. The minimum atomic E-state index is -0.239. The molecule has 0 aromatic carbocycles. The van der Waals surface area contributed by atoms with E-state index >= 15 is 0 Å². The number of nitrogens with two attached hydrogens (primary N) is 1. The summed E-state index contributed by atoms with van der Waals surface area (Å²) < 4.78 is 0. The van der Waals surface area contributed by atoms with Crippen molar-refractivity contribution in [3.63, 3.8) is 0 Å². The van der Waals surface area contributed by atoms with Crippen LogP contribution in [0.5, 0.6) is 0 Å². The minimum Gasteiger partial charge on any atom is -0.384 e. The van der Waals surface area contributed by atoms with E-state index in [1.165, 1.54) is 12.1 Å². The predicted molar refractivity (Wildman–Crippen MR) is 39.4 cm³/mol. The molecular formula is C7H6N2O. The first-order valence-corrected chi connectivity index (χ1v) is 2.69. The van der Waals surface area contributed by atoms with Crippen LogP contribution in [0.3, 0.4) is 0 Å². The molecule has 0 fully saturated rings. The van der Waals surface area contributed by atoms with E-state index in [-0.39, 0.29) is 11.4 Å². The number of pyridine rings is 1. The number of aromatic amines is 1. The Balaban J connectivity index is 3.37. The maximum atomic E-state index is 10.6. The van der Waals surface area contributed by atoms with Gasteiger partial charge in [0.1, 0.15) is 5.82 Å². The maximum Gasteiger partial charge on any atom is 0.249 e. The first kappa shape index (κ1) is 6.43. The van der Waals surface area contributed by atoms with E-state index in [0.717, 1.165) is 0 Å². The Morgan fingerprint density at radius 1 is 1.60 bits per heavy atom. The zero-order chi connectivity index (χ0) is 7.56. The highest BCUT2D eigenvalue weighted by Crippen LogP contribution is 2.00. The van der Waals surface area contributed by atoms with Crippen molar-refractivity contribution in [1.82, 2.24) is 4.98 Å². The van der Waals surface area contributed by atoms with Gasteiger partial charge in [-0.2, -0.15) is 0 Å². The second-order valence-electron chi connectivity index (χ2n) is 1.79. The molecular weight excluding hydrogens is 128 g/mol. The number of nitrogen functional groups attached to an aromatic ring is 1. The van der Waals surface area contributed by atoms with Gasteiger partial charge in [-0.1, -0.05) is 5.92 Å². The molecule has 1 rings (SSSR count). The lowest BCUT2D eigenvalue weighted by Gasteiger charge is -1.93. The SMILES string of the molecule is C#Cc1ccc(=O)[nH]c1N. The van der Waals surface area contributed by atoms with E-state index in [0.29, 0.717) is 5.56 Å². The molecule has 0 saturated carbocycles. The summed E-state index contributed by atoms with van der Waals surface area (Å²) in [5.74, 6) is 2.57. The van der Waals surface area contributed by atoms with Crippen LogP contribution in [0.4, 0.5) is 5.82 Å². The summed E-state index contributed by atoms with van der Waals surface area (Å²) in [6.07, 6.45) is 5.05. The Morgan fingerprint density at radius 3 is 2.80 bits per heavy atom.